The zero-order valence-corrected chi connectivity index (χ0v) is 12.7. The SMILES string of the molecule is NCc1cc(Cl)ccc1Oc1cc(Cl)c(Cl)cc1[N+](=O)[O-]. The van der Waals surface area contributed by atoms with Gasteiger partial charge in [0.15, 0.2) is 0 Å². The fourth-order valence-corrected chi connectivity index (χ4v) is 2.17. The highest BCUT2D eigenvalue weighted by atomic mass is 35.5. The lowest BCUT2D eigenvalue weighted by molar-refractivity contribution is -0.385. The van der Waals surface area contributed by atoms with Crippen LogP contribution in [0.4, 0.5) is 5.69 Å². The molecule has 0 atom stereocenters. The molecule has 0 aliphatic carbocycles. The van der Waals surface area contributed by atoms with E-state index in [0.29, 0.717) is 16.3 Å². The minimum Gasteiger partial charge on any atom is -0.450 e. The molecule has 0 saturated heterocycles. The summed E-state index contributed by atoms with van der Waals surface area (Å²) < 4.78 is 5.56. The molecule has 0 aliphatic rings. The second kappa shape index (κ2) is 6.49. The van der Waals surface area contributed by atoms with E-state index < -0.39 is 4.92 Å². The Bertz CT molecular complexity index is 707. The Hall–Kier alpha value is -1.53. The largest absolute Gasteiger partial charge is 0.450 e. The zero-order valence-electron chi connectivity index (χ0n) is 10.5. The summed E-state index contributed by atoms with van der Waals surface area (Å²) in [4.78, 5) is 10.5. The van der Waals surface area contributed by atoms with Crippen LogP contribution < -0.4 is 10.5 Å². The number of nitrogens with two attached hydrogens (primary N) is 1. The Morgan fingerprint density at radius 2 is 1.76 bits per heavy atom. The first kappa shape index (κ1) is 15.9. The third-order valence-corrected chi connectivity index (χ3v) is 3.62. The van der Waals surface area contributed by atoms with Gasteiger partial charge in [-0.15, -0.1) is 0 Å². The third-order valence-electron chi connectivity index (χ3n) is 2.66. The van der Waals surface area contributed by atoms with Gasteiger partial charge in [-0.2, -0.15) is 0 Å². The van der Waals surface area contributed by atoms with Crippen molar-refractivity contribution in [3.63, 3.8) is 0 Å². The van der Waals surface area contributed by atoms with Crippen LogP contribution in [0, 0.1) is 10.1 Å². The smallest absolute Gasteiger partial charge is 0.313 e. The van der Waals surface area contributed by atoms with E-state index in [-0.39, 0.29) is 28.0 Å². The van der Waals surface area contributed by atoms with Crippen LogP contribution in [-0.4, -0.2) is 4.92 Å². The molecule has 0 heterocycles. The predicted molar refractivity (Wildman–Crippen MR) is 82.5 cm³/mol. The lowest BCUT2D eigenvalue weighted by Crippen LogP contribution is -2.00. The molecule has 0 bridgehead atoms. The van der Waals surface area contributed by atoms with E-state index in [2.05, 4.69) is 0 Å². The average Bonchev–Trinajstić information content (AvgIpc) is 2.44. The van der Waals surface area contributed by atoms with Crippen molar-refractivity contribution in [3.8, 4) is 11.5 Å². The molecule has 2 aromatic carbocycles. The van der Waals surface area contributed by atoms with Gasteiger partial charge in [-0.05, 0) is 18.2 Å². The molecule has 0 aliphatic heterocycles. The first-order valence-corrected chi connectivity index (χ1v) is 6.85. The van der Waals surface area contributed by atoms with Gasteiger partial charge in [0, 0.05) is 29.3 Å². The van der Waals surface area contributed by atoms with Gasteiger partial charge in [0.05, 0.1) is 15.0 Å². The average molecular weight is 348 g/mol. The topological polar surface area (TPSA) is 78.4 Å². The zero-order chi connectivity index (χ0) is 15.6. The summed E-state index contributed by atoms with van der Waals surface area (Å²) in [5.41, 5.74) is 5.93. The Kier molecular flexibility index (Phi) is 4.90. The number of benzene rings is 2. The molecule has 0 saturated carbocycles. The number of nitro groups is 1. The number of hydrogen-bond donors (Lipinski definition) is 1. The van der Waals surface area contributed by atoms with Crippen molar-refractivity contribution in [1.29, 1.82) is 0 Å². The Labute approximate surface area is 135 Å². The summed E-state index contributed by atoms with van der Waals surface area (Å²) >= 11 is 17.5. The molecule has 2 rings (SSSR count). The summed E-state index contributed by atoms with van der Waals surface area (Å²) in [6, 6.07) is 7.23. The molecule has 110 valence electrons. The van der Waals surface area contributed by atoms with Crippen LogP contribution in [0.25, 0.3) is 0 Å². The lowest BCUT2D eigenvalue weighted by Gasteiger charge is -2.11. The van der Waals surface area contributed by atoms with Crippen molar-refractivity contribution >= 4 is 40.5 Å². The summed E-state index contributed by atoms with van der Waals surface area (Å²) in [5, 5.41) is 11.8. The molecular weight excluding hydrogens is 339 g/mol. The van der Waals surface area contributed by atoms with Gasteiger partial charge < -0.3 is 10.5 Å². The van der Waals surface area contributed by atoms with Crippen LogP contribution >= 0.6 is 34.8 Å². The summed E-state index contributed by atoms with van der Waals surface area (Å²) in [6.45, 7) is 0.172. The van der Waals surface area contributed by atoms with E-state index in [1.165, 1.54) is 6.07 Å². The third kappa shape index (κ3) is 3.57. The highest BCUT2D eigenvalue weighted by Crippen LogP contribution is 2.39. The molecular formula is C13H9Cl3N2O3. The minimum absolute atomic E-state index is 0.0218. The first-order chi connectivity index (χ1) is 9.92. The van der Waals surface area contributed by atoms with Crippen molar-refractivity contribution < 1.29 is 9.66 Å². The number of halogens is 3. The van der Waals surface area contributed by atoms with Gasteiger partial charge in [0.1, 0.15) is 5.75 Å². The standard InChI is InChI=1S/C13H9Cl3N2O3/c14-8-1-2-12(7(3-8)6-17)21-13-5-10(16)9(15)4-11(13)18(19)20/h1-5H,6,17H2. The maximum absolute atomic E-state index is 11.1. The van der Waals surface area contributed by atoms with E-state index in [1.54, 1.807) is 18.2 Å². The fraction of sp³-hybridized carbons (Fsp3) is 0.0769. The molecule has 2 aromatic rings. The molecule has 0 fully saturated rings. The second-order valence-electron chi connectivity index (χ2n) is 4.05. The van der Waals surface area contributed by atoms with Gasteiger partial charge >= 0.3 is 5.69 Å². The predicted octanol–water partition coefficient (Wildman–Crippen LogP) is 4.81. The van der Waals surface area contributed by atoms with E-state index >= 15 is 0 Å². The van der Waals surface area contributed by atoms with Crippen LogP contribution in [0.2, 0.25) is 15.1 Å². The number of nitrogens with zero attached hydrogens (tertiary/aromatic N) is 1. The van der Waals surface area contributed by atoms with Crippen LogP contribution in [0.5, 0.6) is 11.5 Å². The molecule has 0 unspecified atom stereocenters. The molecule has 8 heteroatoms. The quantitative estimate of drug-likeness (QED) is 0.636. The van der Waals surface area contributed by atoms with E-state index in [9.17, 15) is 10.1 Å². The van der Waals surface area contributed by atoms with Crippen LogP contribution in [0.15, 0.2) is 30.3 Å². The number of rotatable bonds is 4. The fourth-order valence-electron chi connectivity index (χ4n) is 1.67. The van der Waals surface area contributed by atoms with Gasteiger partial charge in [0.25, 0.3) is 0 Å². The minimum atomic E-state index is -0.602. The van der Waals surface area contributed by atoms with Crippen LogP contribution in [0.3, 0.4) is 0 Å². The molecule has 0 spiro atoms. The first-order valence-electron chi connectivity index (χ1n) is 5.72. The van der Waals surface area contributed by atoms with E-state index in [0.717, 1.165) is 6.07 Å². The normalized spacial score (nSPS) is 10.5. The number of ether oxygens (including phenoxy) is 1. The molecule has 0 amide bonds. The Morgan fingerprint density at radius 3 is 2.38 bits per heavy atom. The van der Waals surface area contributed by atoms with Crippen molar-refractivity contribution in [3.05, 3.63) is 61.1 Å². The van der Waals surface area contributed by atoms with E-state index in [1.807, 2.05) is 0 Å². The van der Waals surface area contributed by atoms with Crippen molar-refractivity contribution in [2.75, 3.05) is 0 Å². The highest BCUT2D eigenvalue weighted by molar-refractivity contribution is 6.42. The monoisotopic (exact) mass is 346 g/mol. The Morgan fingerprint density at radius 1 is 1.10 bits per heavy atom. The highest BCUT2D eigenvalue weighted by Gasteiger charge is 2.20. The Balaban J connectivity index is 2.48. The number of hydrogen-bond acceptors (Lipinski definition) is 4. The van der Waals surface area contributed by atoms with Crippen molar-refractivity contribution in [2.24, 2.45) is 5.73 Å². The van der Waals surface area contributed by atoms with Gasteiger partial charge in [-0.25, -0.2) is 0 Å². The van der Waals surface area contributed by atoms with Crippen molar-refractivity contribution in [2.45, 2.75) is 6.54 Å². The number of nitro benzene ring substituents is 1. The van der Waals surface area contributed by atoms with Crippen LogP contribution in [-0.2, 0) is 6.54 Å². The molecule has 5 nitrogen and oxygen atoms in total. The molecule has 21 heavy (non-hydrogen) atoms. The summed E-state index contributed by atoms with van der Waals surface area (Å²) in [5.74, 6) is 0.342. The molecule has 2 N–H and O–H groups in total. The molecule has 0 radical (unpaired) electrons. The maximum Gasteiger partial charge on any atom is 0.313 e. The summed E-state index contributed by atoms with van der Waals surface area (Å²) in [6.07, 6.45) is 0. The summed E-state index contributed by atoms with van der Waals surface area (Å²) in [7, 11) is 0. The van der Waals surface area contributed by atoms with Gasteiger partial charge in [-0.1, -0.05) is 34.8 Å². The molecule has 0 aromatic heterocycles. The van der Waals surface area contributed by atoms with E-state index in [4.69, 9.17) is 45.3 Å². The van der Waals surface area contributed by atoms with Crippen molar-refractivity contribution in [1.82, 2.24) is 0 Å². The van der Waals surface area contributed by atoms with Gasteiger partial charge in [0.2, 0.25) is 5.75 Å². The lowest BCUT2D eigenvalue weighted by atomic mass is 10.2. The second-order valence-corrected chi connectivity index (χ2v) is 5.30. The van der Waals surface area contributed by atoms with Gasteiger partial charge in [-0.3, -0.25) is 10.1 Å². The maximum atomic E-state index is 11.1. The van der Waals surface area contributed by atoms with Crippen LogP contribution in [0.1, 0.15) is 5.56 Å².